The minimum atomic E-state index is -0.404. The van der Waals surface area contributed by atoms with E-state index in [0.717, 1.165) is 5.69 Å². The first kappa shape index (κ1) is 15.4. The highest BCUT2D eigenvalue weighted by Gasteiger charge is 2.37. The quantitative estimate of drug-likeness (QED) is 0.515. The molecule has 2 nitrogen and oxygen atoms in total. The van der Waals surface area contributed by atoms with E-state index in [2.05, 4.69) is 107 Å². The lowest BCUT2D eigenvalue weighted by atomic mass is 9.67. The Morgan fingerprint density at radius 2 is 1.08 bits per heavy atom. The van der Waals surface area contributed by atoms with Crippen LogP contribution >= 0.6 is 0 Å². The van der Waals surface area contributed by atoms with Crippen LogP contribution in [0.2, 0.25) is 0 Å². The first-order valence-corrected chi connectivity index (χ1v) is 8.41. The molecule has 0 spiro atoms. The zero-order valence-corrected chi connectivity index (χ0v) is 13.8. The predicted molar refractivity (Wildman–Crippen MR) is 101 cm³/mol. The Labute approximate surface area is 148 Å². The highest BCUT2D eigenvalue weighted by molar-refractivity contribution is 5.55. The molecule has 3 aromatic carbocycles. The van der Waals surface area contributed by atoms with Crippen LogP contribution in [0.1, 0.15) is 22.4 Å². The second-order valence-electron chi connectivity index (χ2n) is 6.04. The molecule has 1 radical (unpaired) electrons. The van der Waals surface area contributed by atoms with Crippen LogP contribution in [-0.2, 0) is 5.41 Å². The van der Waals surface area contributed by atoms with Crippen molar-refractivity contribution < 1.29 is 0 Å². The van der Waals surface area contributed by atoms with Gasteiger partial charge in [-0.1, -0.05) is 91.0 Å². The van der Waals surface area contributed by atoms with Crippen molar-refractivity contribution in [2.45, 2.75) is 5.41 Å². The first-order valence-electron chi connectivity index (χ1n) is 8.41. The topological polar surface area (TPSA) is 28.7 Å². The summed E-state index contributed by atoms with van der Waals surface area (Å²) in [5.41, 5.74) is 4.18. The molecule has 0 fully saturated rings. The molecule has 121 valence electrons. The summed E-state index contributed by atoms with van der Waals surface area (Å²) in [5, 5.41) is 0. The van der Waals surface area contributed by atoms with Gasteiger partial charge in [0.05, 0.1) is 17.4 Å². The van der Waals surface area contributed by atoms with Crippen molar-refractivity contribution in [2.24, 2.45) is 0 Å². The second-order valence-corrected chi connectivity index (χ2v) is 6.04. The smallest absolute Gasteiger partial charge is 0.0923 e. The molecule has 0 aliphatic rings. The van der Waals surface area contributed by atoms with Gasteiger partial charge in [0.25, 0.3) is 0 Å². The Morgan fingerprint density at radius 1 is 0.640 bits per heavy atom. The molecule has 2 heteroatoms. The van der Waals surface area contributed by atoms with Gasteiger partial charge in [0, 0.05) is 12.6 Å². The third kappa shape index (κ3) is 2.87. The van der Waals surface area contributed by atoms with Crippen LogP contribution in [0.3, 0.4) is 0 Å². The fraction of sp³-hybridized carbons (Fsp3) is 0.0435. The molecular formula is C23H19N2. The van der Waals surface area contributed by atoms with Gasteiger partial charge in [-0.2, -0.15) is 0 Å². The zero-order valence-electron chi connectivity index (χ0n) is 13.8. The number of nitrogens with zero attached hydrogens (tertiary/aromatic N) is 1. The van der Waals surface area contributed by atoms with Gasteiger partial charge in [-0.25, -0.2) is 4.98 Å². The molecule has 25 heavy (non-hydrogen) atoms. The predicted octanol–water partition coefficient (Wildman–Crippen LogP) is 5.00. The van der Waals surface area contributed by atoms with Crippen LogP contribution in [-0.4, -0.2) is 9.97 Å². The number of aromatic nitrogens is 2. The van der Waals surface area contributed by atoms with Crippen molar-refractivity contribution in [2.75, 3.05) is 0 Å². The van der Waals surface area contributed by atoms with E-state index in [4.69, 9.17) is 0 Å². The van der Waals surface area contributed by atoms with Crippen molar-refractivity contribution in [3.63, 3.8) is 0 Å². The Balaban J connectivity index is 2.01. The minimum absolute atomic E-state index is 0.404. The number of imidazole rings is 1. The second kappa shape index (κ2) is 6.78. The molecule has 0 aliphatic heterocycles. The van der Waals surface area contributed by atoms with E-state index in [9.17, 15) is 0 Å². The molecule has 0 saturated heterocycles. The molecule has 1 heterocycles. The molecular weight excluding hydrogens is 304 g/mol. The highest BCUT2D eigenvalue weighted by Crippen LogP contribution is 2.42. The third-order valence-electron chi connectivity index (χ3n) is 4.57. The van der Waals surface area contributed by atoms with E-state index < -0.39 is 5.41 Å². The van der Waals surface area contributed by atoms with Crippen molar-refractivity contribution in [3.8, 4) is 0 Å². The molecule has 0 amide bonds. The highest BCUT2D eigenvalue weighted by atomic mass is 14.9. The van der Waals surface area contributed by atoms with Gasteiger partial charge in [0.15, 0.2) is 0 Å². The summed E-state index contributed by atoms with van der Waals surface area (Å²) < 4.78 is 0. The van der Waals surface area contributed by atoms with E-state index in [0.29, 0.717) is 0 Å². The molecule has 1 aromatic heterocycles. The summed E-state index contributed by atoms with van der Waals surface area (Å²) in [6, 6.07) is 31.8. The maximum absolute atomic E-state index is 4.47. The van der Waals surface area contributed by atoms with E-state index in [1.54, 1.807) is 6.33 Å². The standard InChI is InChI=1S/C23H19N2/c1-4-10-19(11-5-1)23(16-22-17-24-18-25-22,20-12-6-2-7-13-20)21-14-8-3-9-15-21/h1-18H,(H,24,25). The average molecular weight is 323 g/mol. The maximum atomic E-state index is 4.47. The summed E-state index contributed by atoms with van der Waals surface area (Å²) in [4.78, 5) is 7.53. The van der Waals surface area contributed by atoms with Gasteiger partial charge in [-0.3, -0.25) is 0 Å². The molecule has 4 aromatic rings. The SMILES string of the molecule is [CH](c1c[nH]cn1)C(c1ccccc1)(c1ccccc1)c1ccccc1. The van der Waals surface area contributed by atoms with Crippen LogP contribution in [0.15, 0.2) is 104 Å². The van der Waals surface area contributed by atoms with Crippen molar-refractivity contribution in [1.82, 2.24) is 9.97 Å². The molecule has 4 rings (SSSR count). The average Bonchev–Trinajstić information content (AvgIpc) is 3.21. The third-order valence-corrected chi connectivity index (χ3v) is 4.57. The maximum Gasteiger partial charge on any atom is 0.0923 e. The lowest BCUT2D eigenvalue weighted by molar-refractivity contribution is 0.724. The van der Waals surface area contributed by atoms with E-state index in [1.165, 1.54) is 16.7 Å². The van der Waals surface area contributed by atoms with Crippen LogP contribution in [0, 0.1) is 6.42 Å². The molecule has 0 aliphatic carbocycles. The van der Waals surface area contributed by atoms with E-state index in [-0.39, 0.29) is 0 Å². The molecule has 0 bridgehead atoms. The summed E-state index contributed by atoms with van der Waals surface area (Å²) in [7, 11) is 0. The van der Waals surface area contributed by atoms with Crippen LogP contribution in [0.25, 0.3) is 0 Å². The van der Waals surface area contributed by atoms with Gasteiger partial charge >= 0.3 is 0 Å². The van der Waals surface area contributed by atoms with Crippen LogP contribution in [0.4, 0.5) is 0 Å². The number of benzene rings is 3. The summed E-state index contributed by atoms with van der Waals surface area (Å²) in [5.74, 6) is 0. The normalized spacial score (nSPS) is 11.4. The van der Waals surface area contributed by atoms with Crippen molar-refractivity contribution in [1.29, 1.82) is 0 Å². The minimum Gasteiger partial charge on any atom is -0.351 e. The number of hydrogen-bond acceptors (Lipinski definition) is 1. The van der Waals surface area contributed by atoms with Gasteiger partial charge in [-0.05, 0) is 16.7 Å². The Kier molecular flexibility index (Phi) is 4.17. The van der Waals surface area contributed by atoms with Gasteiger partial charge in [0.2, 0.25) is 0 Å². The lowest BCUT2D eigenvalue weighted by Crippen LogP contribution is -2.30. The van der Waals surface area contributed by atoms with E-state index >= 15 is 0 Å². The molecule has 0 saturated carbocycles. The Morgan fingerprint density at radius 3 is 1.44 bits per heavy atom. The lowest BCUT2D eigenvalue weighted by Gasteiger charge is -2.35. The number of hydrogen-bond donors (Lipinski definition) is 1. The fourth-order valence-electron chi connectivity index (χ4n) is 3.43. The summed E-state index contributed by atoms with van der Waals surface area (Å²) >= 11 is 0. The van der Waals surface area contributed by atoms with Gasteiger partial charge in [0.1, 0.15) is 0 Å². The number of H-pyrrole nitrogens is 1. The van der Waals surface area contributed by atoms with Gasteiger partial charge in [-0.15, -0.1) is 0 Å². The number of rotatable bonds is 5. The summed E-state index contributed by atoms with van der Waals surface area (Å²) in [6.45, 7) is 0. The van der Waals surface area contributed by atoms with Crippen molar-refractivity contribution in [3.05, 3.63) is 132 Å². The first-order chi connectivity index (χ1) is 12.4. The Hall–Kier alpha value is -3.13. The zero-order chi connectivity index (χ0) is 17.0. The monoisotopic (exact) mass is 323 g/mol. The van der Waals surface area contributed by atoms with E-state index in [1.807, 2.05) is 6.20 Å². The molecule has 0 atom stereocenters. The van der Waals surface area contributed by atoms with Crippen LogP contribution in [0.5, 0.6) is 0 Å². The van der Waals surface area contributed by atoms with Crippen molar-refractivity contribution >= 4 is 0 Å². The Bertz CT molecular complexity index is 802. The van der Waals surface area contributed by atoms with Gasteiger partial charge < -0.3 is 4.98 Å². The molecule has 0 unspecified atom stereocenters. The largest absolute Gasteiger partial charge is 0.351 e. The molecule has 1 N–H and O–H groups in total. The number of aromatic amines is 1. The van der Waals surface area contributed by atoms with Crippen LogP contribution < -0.4 is 0 Å². The fourth-order valence-corrected chi connectivity index (χ4v) is 3.43. The number of nitrogens with one attached hydrogen (secondary N) is 1. The summed E-state index contributed by atoms with van der Waals surface area (Å²) in [6.07, 6.45) is 5.89.